The van der Waals surface area contributed by atoms with Crippen LogP contribution in [0.25, 0.3) is 88.8 Å². The number of hydrogen-bond acceptors (Lipinski definition) is 4. The first-order chi connectivity index (χ1) is 27.4. The van der Waals surface area contributed by atoms with Crippen LogP contribution in [-0.4, -0.2) is 9.97 Å². The molecule has 1 radical (unpaired) electrons. The fourth-order valence-electron chi connectivity index (χ4n) is 7.70. The molecule has 3 aromatic heterocycles. The minimum atomic E-state index is 0. The molecule has 0 spiro atoms. The molecule has 0 unspecified atom stereocenters. The molecule has 0 bridgehead atoms. The summed E-state index contributed by atoms with van der Waals surface area (Å²) in [7, 11) is 0. The molecule has 0 aliphatic heterocycles. The van der Waals surface area contributed by atoms with Crippen LogP contribution in [-0.2, 0) is 20.1 Å². The molecule has 3 heterocycles. The van der Waals surface area contributed by atoms with Gasteiger partial charge in [0.2, 0.25) is 0 Å². The van der Waals surface area contributed by atoms with Gasteiger partial charge in [-0.15, -0.1) is 54.1 Å². The zero-order valence-electron chi connectivity index (χ0n) is 32.2. The molecule has 10 aromatic rings. The van der Waals surface area contributed by atoms with Crippen molar-refractivity contribution in [2.45, 2.75) is 39.5 Å². The van der Waals surface area contributed by atoms with Gasteiger partial charge in [0.25, 0.3) is 0 Å². The van der Waals surface area contributed by atoms with Gasteiger partial charge in [-0.1, -0.05) is 130 Å². The van der Waals surface area contributed by atoms with E-state index in [1.807, 2.05) is 60.7 Å². The number of aromatic nitrogens is 2. The number of fused-ring (bicyclic) bond motifs is 6. The van der Waals surface area contributed by atoms with Crippen molar-refractivity contribution < 1.29 is 28.9 Å². The zero-order valence-corrected chi connectivity index (χ0v) is 34.6. The van der Waals surface area contributed by atoms with E-state index in [1.54, 1.807) is 6.20 Å². The van der Waals surface area contributed by atoms with Gasteiger partial charge in [-0.2, -0.15) is 0 Å². The number of rotatable bonds is 6. The van der Waals surface area contributed by atoms with E-state index in [-0.39, 0.29) is 20.1 Å². The monoisotopic (exact) mass is 917 g/mol. The van der Waals surface area contributed by atoms with Crippen LogP contribution in [0.2, 0.25) is 0 Å². The van der Waals surface area contributed by atoms with Crippen molar-refractivity contribution in [1.82, 2.24) is 9.97 Å². The van der Waals surface area contributed by atoms with Gasteiger partial charge < -0.3 is 13.8 Å². The largest absolute Gasteiger partial charge is 0.500 e. The van der Waals surface area contributed by atoms with Crippen molar-refractivity contribution >= 4 is 43.8 Å². The summed E-state index contributed by atoms with van der Waals surface area (Å²) in [5.41, 5.74) is 13.3. The van der Waals surface area contributed by atoms with Gasteiger partial charge in [0, 0.05) is 37.3 Å². The van der Waals surface area contributed by atoms with Gasteiger partial charge in [-0.05, 0) is 79.9 Å². The molecule has 0 saturated carbocycles. The Morgan fingerprint density at radius 1 is 0.579 bits per heavy atom. The second kappa shape index (κ2) is 16.2. The van der Waals surface area contributed by atoms with E-state index in [1.165, 1.54) is 38.6 Å². The van der Waals surface area contributed by atoms with E-state index in [0.29, 0.717) is 17.7 Å². The van der Waals surface area contributed by atoms with Crippen LogP contribution in [0.5, 0.6) is 0 Å². The quantitative estimate of drug-likeness (QED) is 0.156. The van der Waals surface area contributed by atoms with Crippen molar-refractivity contribution in [3.8, 4) is 45.0 Å². The summed E-state index contributed by atoms with van der Waals surface area (Å²) >= 11 is 0. The number of para-hydroxylation sites is 1. The SMILES string of the molecule is CC(C)c1cc(-c2ccccc2)cc(C(C)C)c1-c1cccc2nc(-c3[c-]ccc4c3oc3ccc5ccccc5c34)oc12.[Ir].[c-]1ccccc1-c1ccccn1. The molecular formula is C52H40IrN2O2-2. The summed E-state index contributed by atoms with van der Waals surface area (Å²) in [6.45, 7) is 9.07. The molecule has 0 aliphatic rings. The second-order valence-corrected chi connectivity index (χ2v) is 14.7. The predicted molar refractivity (Wildman–Crippen MR) is 231 cm³/mol. The van der Waals surface area contributed by atoms with Crippen LogP contribution in [0, 0.1) is 12.1 Å². The molecule has 4 nitrogen and oxygen atoms in total. The Labute approximate surface area is 346 Å². The smallest absolute Gasteiger partial charge is 0.149 e. The summed E-state index contributed by atoms with van der Waals surface area (Å²) in [5, 5.41) is 4.49. The van der Waals surface area contributed by atoms with E-state index in [9.17, 15) is 0 Å². The molecule has 281 valence electrons. The summed E-state index contributed by atoms with van der Waals surface area (Å²) < 4.78 is 13.2. The number of hydrogen-bond donors (Lipinski definition) is 0. The maximum Gasteiger partial charge on any atom is 0.149 e. The van der Waals surface area contributed by atoms with Crippen LogP contribution < -0.4 is 0 Å². The molecule has 7 aromatic carbocycles. The Kier molecular flexibility index (Phi) is 10.7. The third-order valence-corrected chi connectivity index (χ3v) is 10.4. The number of pyridine rings is 1. The Balaban J connectivity index is 0.000000300. The molecule has 10 rings (SSSR count). The van der Waals surface area contributed by atoms with Gasteiger partial charge in [-0.3, -0.25) is 4.98 Å². The van der Waals surface area contributed by atoms with Gasteiger partial charge in [0.15, 0.2) is 0 Å². The zero-order chi connectivity index (χ0) is 38.2. The molecule has 0 amide bonds. The second-order valence-electron chi connectivity index (χ2n) is 14.7. The Morgan fingerprint density at radius 2 is 1.33 bits per heavy atom. The van der Waals surface area contributed by atoms with Gasteiger partial charge >= 0.3 is 0 Å². The average molecular weight is 917 g/mol. The van der Waals surface area contributed by atoms with Crippen LogP contribution >= 0.6 is 0 Å². The Hall–Kier alpha value is -6.13. The van der Waals surface area contributed by atoms with E-state index >= 15 is 0 Å². The molecule has 0 saturated heterocycles. The van der Waals surface area contributed by atoms with Crippen molar-refractivity contribution in [2.75, 3.05) is 0 Å². The fourth-order valence-corrected chi connectivity index (χ4v) is 7.70. The van der Waals surface area contributed by atoms with Crippen molar-refractivity contribution in [2.24, 2.45) is 0 Å². The van der Waals surface area contributed by atoms with Crippen LogP contribution in [0.15, 0.2) is 167 Å². The summed E-state index contributed by atoms with van der Waals surface area (Å²) in [4.78, 5) is 9.23. The Bertz CT molecular complexity index is 2900. The van der Waals surface area contributed by atoms with E-state index in [4.69, 9.17) is 13.8 Å². The normalized spacial score (nSPS) is 11.3. The standard InChI is InChI=1S/C41H32NO2.C11H8N.Ir/c1-24(2)33-22-28(26-12-6-5-7-13-26)23-34(25(3)4)37(33)30-17-11-19-35-40(30)44-41(42-35)32-18-10-16-31-38-29-15-9-8-14-27(29)20-21-36(38)43-39(31)32;1-2-6-10(7-3-1)11-8-4-5-9-12-11;/h5-17,19-25H,1-4H3;1-6,8-9H;/q2*-1;. The molecular weight excluding hydrogens is 877 g/mol. The molecule has 5 heteroatoms. The van der Waals surface area contributed by atoms with Crippen LogP contribution in [0.4, 0.5) is 0 Å². The number of furan rings is 1. The number of oxazole rings is 1. The van der Waals surface area contributed by atoms with Crippen LogP contribution in [0.1, 0.15) is 50.7 Å². The topological polar surface area (TPSA) is 52.1 Å². The maximum atomic E-state index is 6.71. The van der Waals surface area contributed by atoms with E-state index < -0.39 is 0 Å². The van der Waals surface area contributed by atoms with Gasteiger partial charge in [0.1, 0.15) is 17.1 Å². The van der Waals surface area contributed by atoms with Crippen molar-refractivity contribution in [1.29, 1.82) is 0 Å². The van der Waals surface area contributed by atoms with Crippen molar-refractivity contribution in [3.63, 3.8) is 0 Å². The first-order valence-corrected chi connectivity index (χ1v) is 19.2. The first-order valence-electron chi connectivity index (χ1n) is 19.2. The minimum absolute atomic E-state index is 0. The predicted octanol–water partition coefficient (Wildman–Crippen LogP) is 14.5. The fraction of sp³-hybridized carbons (Fsp3) is 0.115. The molecule has 57 heavy (non-hydrogen) atoms. The number of nitrogens with zero attached hydrogens (tertiary/aromatic N) is 2. The third kappa shape index (κ3) is 7.21. The number of benzene rings is 7. The Morgan fingerprint density at radius 3 is 2.07 bits per heavy atom. The van der Waals surface area contributed by atoms with Gasteiger partial charge in [0.05, 0.1) is 11.1 Å². The molecule has 0 N–H and O–H groups in total. The minimum Gasteiger partial charge on any atom is -0.500 e. The van der Waals surface area contributed by atoms with Crippen molar-refractivity contribution in [3.05, 3.63) is 181 Å². The average Bonchev–Trinajstić information content (AvgIpc) is 3.87. The first kappa shape index (κ1) is 37.8. The summed E-state index contributed by atoms with van der Waals surface area (Å²) in [6.07, 6.45) is 1.79. The summed E-state index contributed by atoms with van der Waals surface area (Å²) in [6, 6.07) is 58.4. The molecule has 0 atom stereocenters. The van der Waals surface area contributed by atoms with Crippen LogP contribution in [0.3, 0.4) is 0 Å². The summed E-state index contributed by atoms with van der Waals surface area (Å²) in [5.74, 6) is 1.15. The van der Waals surface area contributed by atoms with Gasteiger partial charge in [-0.25, -0.2) is 0 Å². The van der Waals surface area contributed by atoms with E-state index in [0.717, 1.165) is 55.4 Å². The molecule has 0 aliphatic carbocycles. The third-order valence-electron chi connectivity index (χ3n) is 10.4. The molecule has 0 fully saturated rings. The van der Waals surface area contributed by atoms with E-state index in [2.05, 4.69) is 136 Å². The maximum absolute atomic E-state index is 6.71.